The van der Waals surface area contributed by atoms with Gasteiger partial charge in [0.25, 0.3) is 5.91 Å². The molecule has 0 fully saturated rings. The Morgan fingerprint density at radius 2 is 1.82 bits per heavy atom. The fraction of sp³-hybridized carbons (Fsp3) is 0.129. The first kappa shape index (κ1) is 27.5. The molecule has 1 amide bonds. The number of carbonyl (C=O) groups excluding carboxylic acids is 1. The molecule has 0 aliphatic carbocycles. The quantitative estimate of drug-likeness (QED) is 0.270. The highest BCUT2D eigenvalue weighted by Gasteiger charge is 2.29. The molecule has 0 bridgehead atoms. The van der Waals surface area contributed by atoms with E-state index in [0.29, 0.717) is 45.0 Å². The van der Waals surface area contributed by atoms with Crippen LogP contribution in [0.5, 0.6) is 5.75 Å². The van der Waals surface area contributed by atoms with Crippen LogP contribution in [0.2, 0.25) is 0 Å². The van der Waals surface area contributed by atoms with Crippen LogP contribution in [0.25, 0.3) is 56.1 Å². The van der Waals surface area contributed by atoms with E-state index in [1.165, 1.54) is 50.5 Å². The van der Waals surface area contributed by atoms with E-state index in [1.54, 1.807) is 34.9 Å². The first-order valence-corrected chi connectivity index (χ1v) is 15.2. The van der Waals surface area contributed by atoms with Crippen molar-refractivity contribution < 1.29 is 31.1 Å². The van der Waals surface area contributed by atoms with Gasteiger partial charge in [-0.05, 0) is 54.6 Å². The third-order valence-corrected chi connectivity index (χ3v) is 8.82. The molecule has 0 unspecified atom stereocenters. The molecule has 1 aliphatic heterocycles. The zero-order chi connectivity index (χ0) is 30.9. The number of anilines is 1. The molecule has 3 aromatic carbocycles. The van der Waals surface area contributed by atoms with Gasteiger partial charge in [-0.15, -0.1) is 0 Å². The van der Waals surface area contributed by atoms with Crippen molar-refractivity contribution in [2.45, 2.75) is 6.73 Å². The highest BCUT2D eigenvalue weighted by Crippen LogP contribution is 2.43. The number of nitrogens with one attached hydrogen (secondary N) is 1. The Morgan fingerprint density at radius 3 is 2.55 bits per heavy atom. The first-order valence-electron chi connectivity index (χ1n) is 13.4. The van der Waals surface area contributed by atoms with Gasteiger partial charge < -0.3 is 14.5 Å². The number of nitrogens with zero attached hydrogens (tertiary/aromatic N) is 4. The number of imidazole rings is 1. The van der Waals surface area contributed by atoms with E-state index < -0.39 is 27.6 Å². The number of pyridine rings is 1. The molecule has 0 spiro atoms. The Balaban J connectivity index is 1.50. The van der Waals surface area contributed by atoms with E-state index in [9.17, 15) is 22.0 Å². The van der Waals surface area contributed by atoms with Crippen LogP contribution in [0.15, 0.2) is 71.1 Å². The lowest BCUT2D eigenvalue weighted by Gasteiger charge is -2.22. The second kappa shape index (κ2) is 9.88. The van der Waals surface area contributed by atoms with E-state index in [0.717, 1.165) is 10.6 Å². The van der Waals surface area contributed by atoms with Crippen molar-refractivity contribution >= 4 is 43.6 Å². The van der Waals surface area contributed by atoms with Gasteiger partial charge in [0, 0.05) is 36.7 Å². The summed E-state index contributed by atoms with van der Waals surface area (Å²) in [6.07, 6.45) is 1.06. The summed E-state index contributed by atoms with van der Waals surface area (Å²) in [5.74, 6) is -0.398. The van der Waals surface area contributed by atoms with E-state index in [2.05, 4.69) is 10.3 Å². The number of rotatable bonds is 5. The van der Waals surface area contributed by atoms with Crippen LogP contribution in [-0.4, -0.2) is 49.2 Å². The molecule has 10 nitrogen and oxygen atoms in total. The van der Waals surface area contributed by atoms with E-state index in [4.69, 9.17) is 14.1 Å². The van der Waals surface area contributed by atoms with E-state index in [-0.39, 0.29) is 34.8 Å². The lowest BCUT2D eigenvalue weighted by Crippen LogP contribution is -2.25. The summed E-state index contributed by atoms with van der Waals surface area (Å²) in [4.78, 5) is 22.5. The molecular weight excluding hydrogens is 592 g/mol. The summed E-state index contributed by atoms with van der Waals surface area (Å²) >= 11 is 0. The normalized spacial score (nSPS) is 12.6. The minimum absolute atomic E-state index is 0.105. The van der Waals surface area contributed by atoms with Crippen LogP contribution in [0.3, 0.4) is 0 Å². The summed E-state index contributed by atoms with van der Waals surface area (Å²) in [7, 11) is -0.894. The number of halogens is 2. The number of furan rings is 1. The highest BCUT2D eigenvalue weighted by atomic mass is 32.2. The standard InChI is InChI=1S/C31H23F2N5O5S/c1-34-31(39)26-19-13-18(23(37(2)44(3,40)41)14-25(19)43-29(26)16-7-9-17(32)10-8-16)21-11-12-24-28(35-21)30-36-27-20(33)5-4-6-22(27)38(30)15-42-24/h4-14H,15H2,1-3H3,(H,34,39). The predicted octanol–water partition coefficient (Wildman–Crippen LogP) is 5.56. The third kappa shape index (κ3) is 4.27. The molecule has 0 atom stereocenters. The molecule has 1 aliphatic rings. The number of hydrogen-bond donors (Lipinski definition) is 1. The predicted molar refractivity (Wildman–Crippen MR) is 161 cm³/mol. The molecule has 3 aromatic heterocycles. The molecule has 0 saturated heterocycles. The van der Waals surface area contributed by atoms with E-state index in [1.807, 2.05) is 0 Å². The van der Waals surface area contributed by atoms with Gasteiger partial charge in [-0.1, -0.05) is 6.07 Å². The fourth-order valence-electron chi connectivity index (χ4n) is 5.36. The monoisotopic (exact) mass is 615 g/mol. The van der Waals surface area contributed by atoms with Crippen molar-refractivity contribution in [3.63, 3.8) is 0 Å². The molecule has 44 heavy (non-hydrogen) atoms. The lowest BCUT2D eigenvalue weighted by molar-refractivity contribution is 0.0964. The number of ether oxygens (including phenoxy) is 1. The average molecular weight is 616 g/mol. The molecular formula is C31H23F2N5O5S. The smallest absolute Gasteiger partial charge is 0.255 e. The van der Waals surface area contributed by atoms with Crippen molar-refractivity contribution in [3.05, 3.63) is 83.9 Å². The van der Waals surface area contributed by atoms with Gasteiger partial charge in [-0.3, -0.25) is 13.7 Å². The number of para-hydroxylation sites is 1. The van der Waals surface area contributed by atoms with Crippen LogP contribution in [0.1, 0.15) is 10.4 Å². The fourth-order valence-corrected chi connectivity index (χ4v) is 5.87. The van der Waals surface area contributed by atoms with Gasteiger partial charge in [0.05, 0.1) is 28.7 Å². The zero-order valence-electron chi connectivity index (χ0n) is 23.6. The lowest BCUT2D eigenvalue weighted by atomic mass is 10.0. The zero-order valence-corrected chi connectivity index (χ0v) is 24.4. The first-order chi connectivity index (χ1) is 21.0. The summed E-state index contributed by atoms with van der Waals surface area (Å²) < 4.78 is 68.7. The minimum atomic E-state index is -3.76. The molecule has 7 rings (SSSR count). The van der Waals surface area contributed by atoms with Gasteiger partial charge >= 0.3 is 0 Å². The van der Waals surface area contributed by atoms with Crippen LogP contribution in [0.4, 0.5) is 14.5 Å². The Bertz CT molecular complexity index is 2260. The molecule has 1 N–H and O–H groups in total. The summed E-state index contributed by atoms with van der Waals surface area (Å²) in [5.41, 5.74) is 2.85. The molecule has 13 heteroatoms. The third-order valence-electron chi connectivity index (χ3n) is 7.63. The van der Waals surface area contributed by atoms with Crippen molar-refractivity contribution in [1.29, 1.82) is 0 Å². The number of carbonyl (C=O) groups is 1. The number of amides is 1. The summed E-state index contributed by atoms with van der Waals surface area (Å²) in [5, 5.41) is 3.00. The summed E-state index contributed by atoms with van der Waals surface area (Å²) in [6.45, 7) is 0.105. The highest BCUT2D eigenvalue weighted by molar-refractivity contribution is 7.92. The Morgan fingerprint density at radius 1 is 1.05 bits per heavy atom. The second-order valence-corrected chi connectivity index (χ2v) is 12.3. The largest absolute Gasteiger partial charge is 0.470 e. The number of benzene rings is 3. The molecule has 0 radical (unpaired) electrons. The maximum Gasteiger partial charge on any atom is 0.255 e. The maximum absolute atomic E-state index is 14.6. The van der Waals surface area contributed by atoms with Gasteiger partial charge in [-0.2, -0.15) is 0 Å². The summed E-state index contributed by atoms with van der Waals surface area (Å²) in [6, 6.07) is 16.6. The Hall–Kier alpha value is -5.30. The van der Waals surface area contributed by atoms with Crippen molar-refractivity contribution in [2.75, 3.05) is 24.7 Å². The Labute approximate surface area is 249 Å². The van der Waals surface area contributed by atoms with Crippen LogP contribution < -0.4 is 14.4 Å². The second-order valence-electron chi connectivity index (χ2n) is 10.3. The van der Waals surface area contributed by atoms with Crippen molar-refractivity contribution in [2.24, 2.45) is 0 Å². The SMILES string of the molecule is CNC(=O)c1c(-c2ccc(F)cc2)oc2cc(N(C)S(C)(=O)=O)c(-c3ccc4c(n3)-c3nc5c(F)cccc5n3CO4)cc12. The average Bonchev–Trinajstić information content (AvgIpc) is 3.59. The van der Waals surface area contributed by atoms with Crippen LogP contribution >= 0.6 is 0 Å². The van der Waals surface area contributed by atoms with Gasteiger partial charge in [0.15, 0.2) is 24.1 Å². The number of fused-ring (bicyclic) bond motifs is 6. The van der Waals surface area contributed by atoms with Crippen molar-refractivity contribution in [1.82, 2.24) is 19.9 Å². The van der Waals surface area contributed by atoms with Gasteiger partial charge in [-0.25, -0.2) is 27.2 Å². The molecule has 6 aromatic rings. The topological polar surface area (TPSA) is 120 Å². The minimum Gasteiger partial charge on any atom is -0.470 e. The molecule has 0 saturated carbocycles. The molecule has 4 heterocycles. The van der Waals surface area contributed by atoms with Crippen LogP contribution in [0, 0.1) is 11.6 Å². The van der Waals surface area contributed by atoms with E-state index >= 15 is 0 Å². The van der Waals surface area contributed by atoms with Crippen molar-refractivity contribution in [3.8, 4) is 39.8 Å². The molecule has 222 valence electrons. The van der Waals surface area contributed by atoms with Crippen LogP contribution in [-0.2, 0) is 16.8 Å². The number of aromatic nitrogens is 3. The van der Waals surface area contributed by atoms with Gasteiger partial charge in [0.1, 0.15) is 28.4 Å². The maximum atomic E-state index is 14.6. The number of sulfonamides is 1. The Kier molecular flexibility index (Phi) is 6.18. The number of hydrogen-bond acceptors (Lipinski definition) is 7. The van der Waals surface area contributed by atoms with Gasteiger partial charge in [0.2, 0.25) is 10.0 Å².